The lowest BCUT2D eigenvalue weighted by Crippen LogP contribution is -2.42. The van der Waals surface area contributed by atoms with Gasteiger partial charge >= 0.3 is 0 Å². The number of nitrogens with zero attached hydrogens (tertiary/aromatic N) is 1. The van der Waals surface area contributed by atoms with Crippen LogP contribution in [0.5, 0.6) is 5.75 Å². The highest BCUT2D eigenvalue weighted by Crippen LogP contribution is 2.27. The van der Waals surface area contributed by atoms with E-state index >= 15 is 0 Å². The number of carbonyl (C=O) groups is 1. The molecular formula is C22H28N2O4S. The molecule has 6 nitrogen and oxygen atoms in total. The zero-order valence-corrected chi connectivity index (χ0v) is 17.9. The Bertz CT molecular complexity index is 947. The lowest BCUT2D eigenvalue weighted by atomic mass is 9.94. The summed E-state index contributed by atoms with van der Waals surface area (Å²) in [7, 11) is -1.94. The molecule has 1 aliphatic heterocycles. The number of nitrogens with one attached hydrogen (secondary N) is 1. The summed E-state index contributed by atoms with van der Waals surface area (Å²) in [6.45, 7) is 5.26. The van der Waals surface area contributed by atoms with E-state index in [0.29, 0.717) is 36.4 Å². The Morgan fingerprint density at radius 3 is 2.38 bits per heavy atom. The number of hydrogen-bond donors (Lipinski definition) is 1. The highest BCUT2D eigenvalue weighted by molar-refractivity contribution is 7.89. The molecule has 0 spiro atoms. The molecule has 1 saturated heterocycles. The molecule has 0 unspecified atom stereocenters. The number of carbonyl (C=O) groups excluding carboxylic acids is 1. The molecule has 1 heterocycles. The van der Waals surface area contributed by atoms with Crippen LogP contribution in [0.1, 0.15) is 25.8 Å². The van der Waals surface area contributed by atoms with Gasteiger partial charge in [-0.3, -0.25) is 4.79 Å². The third kappa shape index (κ3) is 5.36. The summed E-state index contributed by atoms with van der Waals surface area (Å²) in [5.41, 5.74) is 1.41. The van der Waals surface area contributed by atoms with E-state index in [4.69, 9.17) is 4.74 Å². The first-order chi connectivity index (χ1) is 13.8. The van der Waals surface area contributed by atoms with Gasteiger partial charge in [0.1, 0.15) is 5.75 Å². The Balaban J connectivity index is 1.65. The van der Waals surface area contributed by atoms with Gasteiger partial charge in [-0.15, -0.1) is 0 Å². The van der Waals surface area contributed by atoms with E-state index in [2.05, 4.69) is 19.2 Å². The van der Waals surface area contributed by atoms with Crippen molar-refractivity contribution in [1.82, 2.24) is 4.31 Å². The number of hydrogen-bond acceptors (Lipinski definition) is 4. The molecule has 0 aliphatic carbocycles. The quantitative estimate of drug-likeness (QED) is 0.781. The first-order valence-corrected chi connectivity index (χ1v) is 11.2. The van der Waals surface area contributed by atoms with Crippen LogP contribution in [0.2, 0.25) is 0 Å². The van der Waals surface area contributed by atoms with E-state index in [1.54, 1.807) is 35.7 Å². The van der Waals surface area contributed by atoms with Crippen LogP contribution in [0.4, 0.5) is 5.69 Å². The van der Waals surface area contributed by atoms with E-state index in [1.165, 1.54) is 0 Å². The molecule has 0 aromatic heterocycles. The van der Waals surface area contributed by atoms with Crippen LogP contribution < -0.4 is 10.1 Å². The predicted molar refractivity (Wildman–Crippen MR) is 113 cm³/mol. The van der Waals surface area contributed by atoms with E-state index in [1.807, 2.05) is 24.3 Å². The molecule has 1 N–H and O–H groups in total. The zero-order chi connectivity index (χ0) is 21.0. The molecule has 0 radical (unpaired) electrons. The second-order valence-electron chi connectivity index (χ2n) is 7.87. The number of ether oxygens (including phenoxy) is 1. The van der Waals surface area contributed by atoms with Gasteiger partial charge in [-0.25, -0.2) is 8.42 Å². The van der Waals surface area contributed by atoms with Gasteiger partial charge in [0.25, 0.3) is 0 Å². The molecule has 0 bridgehead atoms. The highest BCUT2D eigenvalue weighted by Gasteiger charge is 2.31. The molecule has 1 aliphatic rings. The molecule has 2 atom stereocenters. The molecule has 0 saturated carbocycles. The summed E-state index contributed by atoms with van der Waals surface area (Å²) in [6, 6.07) is 13.7. The van der Waals surface area contributed by atoms with Crippen LogP contribution in [-0.4, -0.2) is 38.8 Å². The average molecular weight is 417 g/mol. The van der Waals surface area contributed by atoms with Crippen molar-refractivity contribution < 1.29 is 17.9 Å². The maximum atomic E-state index is 12.9. The topological polar surface area (TPSA) is 75.7 Å². The second-order valence-corrected chi connectivity index (χ2v) is 9.81. The highest BCUT2D eigenvalue weighted by atomic mass is 32.2. The summed E-state index contributed by atoms with van der Waals surface area (Å²) in [4.78, 5) is 12.6. The van der Waals surface area contributed by atoms with Crippen molar-refractivity contribution in [3.05, 3.63) is 54.1 Å². The number of sulfonamides is 1. The fraction of sp³-hybridized carbons (Fsp3) is 0.409. The van der Waals surface area contributed by atoms with Crippen molar-refractivity contribution in [1.29, 1.82) is 0 Å². The molecule has 7 heteroatoms. The molecule has 156 valence electrons. The Labute approximate surface area is 172 Å². The van der Waals surface area contributed by atoms with Gasteiger partial charge in [0.05, 0.1) is 18.4 Å². The molecular weight excluding hydrogens is 388 g/mol. The molecule has 29 heavy (non-hydrogen) atoms. The van der Waals surface area contributed by atoms with Crippen molar-refractivity contribution in [3.8, 4) is 5.75 Å². The standard InChI is InChI=1S/C22H28N2O4S/c1-16-11-17(2)15-24(14-16)29(26,27)21-9-7-19(8-10-21)23-22(25)13-18-5-4-6-20(12-18)28-3/h4-10,12,16-17H,11,13-15H2,1-3H3,(H,23,25)/t16-,17-/m1/s1. The fourth-order valence-electron chi connectivity index (χ4n) is 3.83. The predicted octanol–water partition coefficient (Wildman–Crippen LogP) is 3.54. The van der Waals surface area contributed by atoms with E-state index in [0.717, 1.165) is 12.0 Å². The minimum absolute atomic E-state index is 0.174. The van der Waals surface area contributed by atoms with Crippen LogP contribution in [0.3, 0.4) is 0 Å². The number of rotatable bonds is 6. The van der Waals surface area contributed by atoms with Gasteiger partial charge in [-0.05, 0) is 60.2 Å². The molecule has 2 aromatic carbocycles. The fourth-order valence-corrected chi connectivity index (χ4v) is 5.51. The van der Waals surface area contributed by atoms with Crippen molar-refractivity contribution in [2.45, 2.75) is 31.6 Å². The zero-order valence-electron chi connectivity index (χ0n) is 17.1. The maximum absolute atomic E-state index is 12.9. The molecule has 3 rings (SSSR count). The SMILES string of the molecule is COc1cccc(CC(=O)Nc2ccc(S(=O)(=O)N3C[C@H](C)C[C@@H](C)C3)cc2)c1. The lowest BCUT2D eigenvalue weighted by molar-refractivity contribution is -0.115. The Hall–Kier alpha value is -2.38. The van der Waals surface area contributed by atoms with Crippen LogP contribution >= 0.6 is 0 Å². The lowest BCUT2D eigenvalue weighted by Gasteiger charge is -2.34. The third-order valence-electron chi connectivity index (χ3n) is 5.11. The van der Waals surface area contributed by atoms with Gasteiger partial charge < -0.3 is 10.1 Å². The summed E-state index contributed by atoms with van der Waals surface area (Å²) in [6.07, 6.45) is 1.26. The first-order valence-electron chi connectivity index (χ1n) is 9.81. The number of benzene rings is 2. The normalized spacial score (nSPS) is 20.2. The maximum Gasteiger partial charge on any atom is 0.243 e. The first kappa shape index (κ1) is 21.3. The van der Waals surface area contributed by atoms with Gasteiger partial charge in [-0.1, -0.05) is 26.0 Å². The van der Waals surface area contributed by atoms with E-state index < -0.39 is 10.0 Å². The second kappa shape index (κ2) is 8.97. The van der Waals surface area contributed by atoms with Gasteiger partial charge in [0.2, 0.25) is 15.9 Å². The average Bonchev–Trinajstić information content (AvgIpc) is 2.67. The minimum Gasteiger partial charge on any atom is -0.497 e. The van der Waals surface area contributed by atoms with Crippen LogP contribution in [0.25, 0.3) is 0 Å². The van der Waals surface area contributed by atoms with Crippen LogP contribution in [0.15, 0.2) is 53.4 Å². The Kier molecular flexibility index (Phi) is 6.59. The molecule has 1 fully saturated rings. The van der Waals surface area contributed by atoms with Crippen molar-refractivity contribution in [2.24, 2.45) is 11.8 Å². The summed E-state index contributed by atoms with van der Waals surface area (Å²) >= 11 is 0. The number of methoxy groups -OCH3 is 1. The Morgan fingerprint density at radius 2 is 1.76 bits per heavy atom. The van der Waals surface area contributed by atoms with Crippen LogP contribution in [0, 0.1) is 11.8 Å². The Morgan fingerprint density at radius 1 is 1.10 bits per heavy atom. The number of anilines is 1. The van der Waals surface area contributed by atoms with E-state index in [-0.39, 0.29) is 17.2 Å². The van der Waals surface area contributed by atoms with Gasteiger partial charge in [0, 0.05) is 18.8 Å². The van der Waals surface area contributed by atoms with Crippen molar-refractivity contribution in [2.75, 3.05) is 25.5 Å². The smallest absolute Gasteiger partial charge is 0.243 e. The summed E-state index contributed by atoms with van der Waals surface area (Å²) < 4.78 is 32.6. The molecule has 1 amide bonds. The summed E-state index contributed by atoms with van der Waals surface area (Å²) in [5.74, 6) is 1.23. The van der Waals surface area contributed by atoms with Crippen molar-refractivity contribution >= 4 is 21.6 Å². The molecule has 2 aromatic rings. The largest absolute Gasteiger partial charge is 0.497 e. The summed E-state index contributed by atoms with van der Waals surface area (Å²) in [5, 5.41) is 2.81. The number of piperidine rings is 1. The monoisotopic (exact) mass is 416 g/mol. The van der Waals surface area contributed by atoms with Gasteiger partial charge in [-0.2, -0.15) is 4.31 Å². The van der Waals surface area contributed by atoms with Gasteiger partial charge in [0.15, 0.2) is 0 Å². The van der Waals surface area contributed by atoms with Crippen molar-refractivity contribution in [3.63, 3.8) is 0 Å². The minimum atomic E-state index is -3.52. The van der Waals surface area contributed by atoms with E-state index in [9.17, 15) is 13.2 Å². The number of amides is 1. The van der Waals surface area contributed by atoms with Crippen LogP contribution in [-0.2, 0) is 21.2 Å². The third-order valence-corrected chi connectivity index (χ3v) is 6.96.